The Labute approximate surface area is 242 Å². The predicted molar refractivity (Wildman–Crippen MR) is 154 cm³/mol. The summed E-state index contributed by atoms with van der Waals surface area (Å²) >= 11 is 12.4. The van der Waals surface area contributed by atoms with Gasteiger partial charge in [0, 0.05) is 34.8 Å². The number of nitro benzene ring substituents is 1. The predicted octanol–water partition coefficient (Wildman–Crippen LogP) is 5.04. The van der Waals surface area contributed by atoms with Crippen molar-refractivity contribution in [3.63, 3.8) is 0 Å². The van der Waals surface area contributed by atoms with Crippen molar-refractivity contribution in [2.75, 3.05) is 10.8 Å². The first-order valence-corrected chi connectivity index (χ1v) is 14.4. The summed E-state index contributed by atoms with van der Waals surface area (Å²) in [4.78, 5) is 38.7. The van der Waals surface area contributed by atoms with E-state index in [-0.39, 0.29) is 33.9 Å². The average molecular weight is 608 g/mol. The van der Waals surface area contributed by atoms with E-state index >= 15 is 0 Å². The summed E-state index contributed by atoms with van der Waals surface area (Å²) in [5, 5.41) is 14.8. The molecule has 212 valence electrons. The van der Waals surface area contributed by atoms with Gasteiger partial charge in [-0.3, -0.25) is 24.0 Å². The minimum absolute atomic E-state index is 0.0878. The Morgan fingerprint density at radius 1 is 0.975 bits per heavy atom. The van der Waals surface area contributed by atoms with Crippen molar-refractivity contribution in [1.29, 1.82) is 0 Å². The third-order valence-electron chi connectivity index (χ3n) is 5.89. The van der Waals surface area contributed by atoms with E-state index in [1.165, 1.54) is 60.4 Å². The number of non-ortho nitro benzene ring substituents is 1. The monoisotopic (exact) mass is 606 g/mol. The molecule has 0 aromatic heterocycles. The van der Waals surface area contributed by atoms with E-state index in [2.05, 4.69) is 5.32 Å². The number of nitrogens with zero attached hydrogens (tertiary/aromatic N) is 3. The summed E-state index contributed by atoms with van der Waals surface area (Å²) in [6.07, 6.45) is 0. The Kier molecular flexibility index (Phi) is 10.1. The minimum Gasteiger partial charge on any atom is -0.352 e. The Morgan fingerprint density at radius 3 is 2.25 bits per heavy atom. The largest absolute Gasteiger partial charge is 0.352 e. The number of anilines is 1. The fraction of sp³-hybridized carbons (Fsp3) is 0.259. The number of hydrogen-bond acceptors (Lipinski definition) is 6. The van der Waals surface area contributed by atoms with Gasteiger partial charge in [-0.25, -0.2) is 8.42 Å². The summed E-state index contributed by atoms with van der Waals surface area (Å²) in [6, 6.07) is 15.8. The Bertz CT molecular complexity index is 1500. The minimum atomic E-state index is -4.36. The summed E-state index contributed by atoms with van der Waals surface area (Å²) in [6.45, 7) is 4.17. The van der Waals surface area contributed by atoms with Crippen molar-refractivity contribution in [1.82, 2.24) is 10.2 Å². The molecule has 3 aromatic rings. The molecule has 0 aliphatic heterocycles. The van der Waals surface area contributed by atoms with Gasteiger partial charge in [0.1, 0.15) is 12.6 Å². The molecule has 1 atom stereocenters. The van der Waals surface area contributed by atoms with Crippen molar-refractivity contribution in [3.05, 3.63) is 98.5 Å². The van der Waals surface area contributed by atoms with Crippen molar-refractivity contribution in [2.24, 2.45) is 0 Å². The van der Waals surface area contributed by atoms with E-state index < -0.39 is 39.3 Å². The molecule has 3 rings (SSSR count). The maximum absolute atomic E-state index is 13.9. The summed E-state index contributed by atoms with van der Waals surface area (Å²) in [7, 11) is -4.36. The van der Waals surface area contributed by atoms with Crippen molar-refractivity contribution in [3.8, 4) is 0 Å². The molecule has 0 aliphatic carbocycles. The molecule has 13 heteroatoms. The molecule has 0 radical (unpaired) electrons. The van der Waals surface area contributed by atoms with Crippen LogP contribution in [-0.2, 0) is 26.2 Å². The highest BCUT2D eigenvalue weighted by atomic mass is 35.5. The third kappa shape index (κ3) is 7.50. The molecule has 0 bridgehead atoms. The zero-order chi connectivity index (χ0) is 29.6. The fourth-order valence-corrected chi connectivity index (χ4v) is 5.73. The molecule has 40 heavy (non-hydrogen) atoms. The highest BCUT2D eigenvalue weighted by Gasteiger charge is 2.33. The van der Waals surface area contributed by atoms with E-state index in [9.17, 15) is 28.1 Å². The smallest absolute Gasteiger partial charge is 0.271 e. The zero-order valence-electron chi connectivity index (χ0n) is 22.0. The van der Waals surface area contributed by atoms with E-state index in [1.807, 2.05) is 0 Å². The number of nitrogens with one attached hydrogen (secondary N) is 1. The summed E-state index contributed by atoms with van der Waals surface area (Å²) in [5.41, 5.74) is 0.0410. The number of carbonyl (C=O) groups excluding carboxylic acids is 2. The third-order valence-corrected chi connectivity index (χ3v) is 8.27. The number of sulfonamides is 1. The SMILES string of the molecule is CC(C)NC(=O)C(C)N(Cc1ccc(Cl)cc1Cl)C(=O)CN(c1cccc([N+](=O)[O-])c1)S(=O)(=O)c1ccccc1. The van der Waals surface area contributed by atoms with Crippen molar-refractivity contribution in [2.45, 2.75) is 44.3 Å². The van der Waals surface area contributed by atoms with Crippen LogP contribution in [0.5, 0.6) is 0 Å². The van der Waals surface area contributed by atoms with Crippen LogP contribution >= 0.6 is 23.2 Å². The van der Waals surface area contributed by atoms with Gasteiger partial charge in [-0.2, -0.15) is 0 Å². The normalized spacial score (nSPS) is 12.1. The van der Waals surface area contributed by atoms with E-state index in [4.69, 9.17) is 23.2 Å². The highest BCUT2D eigenvalue weighted by Crippen LogP contribution is 2.28. The van der Waals surface area contributed by atoms with Gasteiger partial charge in [0.25, 0.3) is 15.7 Å². The molecule has 0 saturated heterocycles. The standard InChI is InChI=1S/C27H28Cl2N4O6S/c1-18(2)30-27(35)19(3)31(16-20-12-13-21(28)14-25(20)29)26(34)17-32(22-8-7-9-23(15-22)33(36)37)40(38,39)24-10-5-4-6-11-24/h4-15,18-19H,16-17H2,1-3H3,(H,30,35). The molecule has 0 spiro atoms. The molecule has 0 fully saturated rings. The Morgan fingerprint density at radius 2 is 1.65 bits per heavy atom. The second-order valence-corrected chi connectivity index (χ2v) is 11.9. The second-order valence-electron chi connectivity index (χ2n) is 9.20. The lowest BCUT2D eigenvalue weighted by Gasteiger charge is -2.32. The van der Waals surface area contributed by atoms with Crippen LogP contribution in [0.1, 0.15) is 26.3 Å². The Balaban J connectivity index is 2.08. The summed E-state index contributed by atoms with van der Waals surface area (Å²) < 4.78 is 28.3. The molecular weight excluding hydrogens is 579 g/mol. The molecule has 2 amide bonds. The van der Waals surface area contributed by atoms with Crippen molar-refractivity contribution >= 4 is 56.4 Å². The number of benzene rings is 3. The first-order valence-electron chi connectivity index (χ1n) is 12.2. The van der Waals surface area contributed by atoms with Gasteiger partial charge < -0.3 is 10.2 Å². The second kappa shape index (κ2) is 13.1. The number of hydrogen-bond donors (Lipinski definition) is 1. The molecule has 1 unspecified atom stereocenters. The van der Waals surface area contributed by atoms with Crippen LogP contribution in [0.25, 0.3) is 0 Å². The number of nitro groups is 1. The van der Waals surface area contributed by atoms with Crippen LogP contribution in [0.4, 0.5) is 11.4 Å². The lowest BCUT2D eigenvalue weighted by molar-refractivity contribution is -0.384. The van der Waals surface area contributed by atoms with Gasteiger partial charge in [-0.15, -0.1) is 0 Å². The van der Waals surface area contributed by atoms with Gasteiger partial charge in [-0.05, 0) is 56.7 Å². The van der Waals surface area contributed by atoms with Crippen LogP contribution in [0, 0.1) is 10.1 Å². The van der Waals surface area contributed by atoms with Crippen LogP contribution < -0.4 is 9.62 Å². The average Bonchev–Trinajstić information content (AvgIpc) is 2.90. The topological polar surface area (TPSA) is 130 Å². The van der Waals surface area contributed by atoms with Crippen LogP contribution in [0.2, 0.25) is 10.0 Å². The van der Waals surface area contributed by atoms with E-state index in [0.29, 0.717) is 10.6 Å². The zero-order valence-corrected chi connectivity index (χ0v) is 24.3. The molecule has 0 aliphatic rings. The van der Waals surface area contributed by atoms with Gasteiger partial charge in [0.15, 0.2) is 0 Å². The lowest BCUT2D eigenvalue weighted by atomic mass is 10.1. The molecular formula is C27H28Cl2N4O6S. The number of rotatable bonds is 11. The quantitative estimate of drug-likeness (QED) is 0.240. The maximum atomic E-state index is 13.9. The van der Waals surface area contributed by atoms with E-state index in [0.717, 1.165) is 10.4 Å². The first-order chi connectivity index (χ1) is 18.8. The van der Waals surface area contributed by atoms with Crippen LogP contribution in [0.15, 0.2) is 77.7 Å². The van der Waals surface area contributed by atoms with Crippen molar-refractivity contribution < 1.29 is 22.9 Å². The number of halogens is 2. The molecule has 0 saturated carbocycles. The Hall–Kier alpha value is -3.67. The van der Waals surface area contributed by atoms with E-state index in [1.54, 1.807) is 32.0 Å². The number of carbonyl (C=O) groups is 2. The molecule has 1 N–H and O–H groups in total. The van der Waals surface area contributed by atoms with Gasteiger partial charge >= 0.3 is 0 Å². The lowest BCUT2D eigenvalue weighted by Crippen LogP contribution is -2.52. The highest BCUT2D eigenvalue weighted by molar-refractivity contribution is 7.92. The first kappa shape index (κ1) is 30.9. The maximum Gasteiger partial charge on any atom is 0.271 e. The van der Waals surface area contributed by atoms with Gasteiger partial charge in [0.05, 0.1) is 15.5 Å². The van der Waals surface area contributed by atoms with Gasteiger partial charge in [0.2, 0.25) is 11.8 Å². The summed E-state index contributed by atoms with van der Waals surface area (Å²) in [5.74, 6) is -1.19. The molecule has 10 nitrogen and oxygen atoms in total. The fourth-order valence-electron chi connectivity index (χ4n) is 3.83. The van der Waals surface area contributed by atoms with Crippen LogP contribution in [0.3, 0.4) is 0 Å². The molecule has 0 heterocycles. The molecule has 3 aromatic carbocycles. The van der Waals surface area contributed by atoms with Gasteiger partial charge in [-0.1, -0.05) is 53.5 Å². The van der Waals surface area contributed by atoms with Crippen LogP contribution in [-0.4, -0.2) is 48.7 Å². The number of amides is 2.